The average Bonchev–Trinajstić information content (AvgIpc) is 3.34. The van der Waals surface area contributed by atoms with Gasteiger partial charge in [-0.25, -0.2) is 8.78 Å². The van der Waals surface area contributed by atoms with Gasteiger partial charge in [0.1, 0.15) is 0 Å². The number of alkyl halides is 2. The Balaban J connectivity index is 1.56. The number of thiophene rings is 1. The van der Waals surface area contributed by atoms with Crippen molar-refractivity contribution in [3.63, 3.8) is 0 Å². The fraction of sp³-hybridized carbons (Fsp3) is 0.304. The van der Waals surface area contributed by atoms with Crippen LogP contribution in [0.4, 0.5) is 8.78 Å². The van der Waals surface area contributed by atoms with Gasteiger partial charge in [-0.2, -0.15) is 0 Å². The maximum atomic E-state index is 13.4. The predicted octanol–water partition coefficient (Wildman–Crippen LogP) is 6.56. The van der Waals surface area contributed by atoms with Crippen molar-refractivity contribution >= 4 is 28.8 Å². The first-order valence-corrected chi connectivity index (χ1v) is 11.1. The van der Waals surface area contributed by atoms with Gasteiger partial charge in [0.15, 0.2) is 0 Å². The summed E-state index contributed by atoms with van der Waals surface area (Å²) in [6.07, 6.45) is 3.52. The number of hydrogen-bond acceptors (Lipinski definition) is 3. The fourth-order valence-corrected chi connectivity index (χ4v) is 4.82. The Morgan fingerprint density at radius 3 is 2.77 bits per heavy atom. The summed E-state index contributed by atoms with van der Waals surface area (Å²) in [7, 11) is 0. The normalized spacial score (nSPS) is 15.5. The minimum absolute atomic E-state index is 0.0606. The van der Waals surface area contributed by atoms with Gasteiger partial charge in [-0.05, 0) is 53.3 Å². The zero-order chi connectivity index (χ0) is 21.3. The van der Waals surface area contributed by atoms with Crippen LogP contribution in [0.2, 0.25) is 5.02 Å². The Kier molecular flexibility index (Phi) is 5.89. The van der Waals surface area contributed by atoms with E-state index in [0.717, 1.165) is 40.1 Å². The quantitative estimate of drug-likeness (QED) is 0.444. The van der Waals surface area contributed by atoms with E-state index < -0.39 is 18.4 Å². The number of aryl methyl sites for hydroxylation is 1. The summed E-state index contributed by atoms with van der Waals surface area (Å²) in [4.78, 5) is 19.2. The molecule has 0 saturated carbocycles. The molecule has 3 heterocycles. The van der Waals surface area contributed by atoms with Gasteiger partial charge in [0.2, 0.25) is 0 Å². The molecule has 2 aromatic heterocycles. The van der Waals surface area contributed by atoms with Gasteiger partial charge in [0.25, 0.3) is 11.8 Å². The largest absolute Gasteiger partial charge is 0.332 e. The number of carbonyl (C=O) groups excluding carboxylic acids is 1. The molecule has 7 heteroatoms. The molecule has 1 fully saturated rings. The highest BCUT2D eigenvalue weighted by atomic mass is 35.5. The number of benzene rings is 1. The molecule has 0 bridgehead atoms. The minimum atomic E-state index is -2.81. The van der Waals surface area contributed by atoms with Gasteiger partial charge in [0.05, 0.1) is 6.54 Å². The number of pyridine rings is 1. The van der Waals surface area contributed by atoms with Crippen LogP contribution in [0.25, 0.3) is 21.6 Å². The summed E-state index contributed by atoms with van der Waals surface area (Å²) in [6, 6.07) is 11.2. The molecule has 1 aromatic carbocycles. The molecule has 0 radical (unpaired) electrons. The molecule has 3 nitrogen and oxygen atoms in total. The van der Waals surface area contributed by atoms with Crippen LogP contribution in [0.5, 0.6) is 0 Å². The topological polar surface area (TPSA) is 33.2 Å². The van der Waals surface area contributed by atoms with E-state index >= 15 is 0 Å². The van der Waals surface area contributed by atoms with Crippen molar-refractivity contribution in [3.8, 4) is 21.6 Å². The summed E-state index contributed by atoms with van der Waals surface area (Å²) >= 11 is 8.09. The molecule has 0 N–H and O–H groups in total. The van der Waals surface area contributed by atoms with Crippen LogP contribution in [0.1, 0.15) is 35.8 Å². The van der Waals surface area contributed by atoms with E-state index in [1.165, 1.54) is 4.90 Å². The van der Waals surface area contributed by atoms with Crippen LogP contribution in [-0.2, 0) is 6.42 Å². The molecule has 0 unspecified atom stereocenters. The number of amides is 1. The van der Waals surface area contributed by atoms with Gasteiger partial charge >= 0.3 is 0 Å². The standard InChI is InChI=1S/C23H21ClF2N2OS/c1-2-3-18-10-15(6-8-27-18)21-12-17(13-30-21)19-5-4-16(11-20(19)24)22(29)28-9-7-23(25,26)14-28/h4-6,8,10-13H,2-3,7,9,14H2,1H3. The van der Waals surface area contributed by atoms with Crippen molar-refractivity contribution in [2.75, 3.05) is 13.1 Å². The summed E-state index contributed by atoms with van der Waals surface area (Å²) in [5.74, 6) is -3.22. The first-order chi connectivity index (χ1) is 14.4. The lowest BCUT2D eigenvalue weighted by Crippen LogP contribution is -2.31. The minimum Gasteiger partial charge on any atom is -0.332 e. The monoisotopic (exact) mass is 446 g/mol. The maximum Gasteiger partial charge on any atom is 0.267 e. The molecule has 30 heavy (non-hydrogen) atoms. The van der Waals surface area contributed by atoms with Crippen molar-refractivity contribution in [3.05, 3.63) is 64.3 Å². The highest BCUT2D eigenvalue weighted by Crippen LogP contribution is 2.37. The summed E-state index contributed by atoms with van der Waals surface area (Å²) in [6.45, 7) is 1.65. The number of hydrogen-bond donors (Lipinski definition) is 0. The van der Waals surface area contributed by atoms with Crippen molar-refractivity contribution in [2.45, 2.75) is 32.1 Å². The second-order valence-electron chi connectivity index (χ2n) is 7.51. The van der Waals surface area contributed by atoms with E-state index in [-0.39, 0.29) is 13.0 Å². The number of rotatable bonds is 5. The maximum absolute atomic E-state index is 13.4. The fourth-order valence-electron chi connectivity index (χ4n) is 3.63. The lowest BCUT2D eigenvalue weighted by molar-refractivity contribution is 0.0120. The number of aromatic nitrogens is 1. The molecule has 1 amide bonds. The zero-order valence-corrected chi connectivity index (χ0v) is 18.1. The van der Waals surface area contributed by atoms with E-state index in [4.69, 9.17) is 11.6 Å². The molecule has 1 saturated heterocycles. The van der Waals surface area contributed by atoms with Crippen LogP contribution in [0.3, 0.4) is 0 Å². The summed E-state index contributed by atoms with van der Waals surface area (Å²) in [5, 5.41) is 2.46. The van der Waals surface area contributed by atoms with Gasteiger partial charge in [0, 0.05) is 45.9 Å². The second-order valence-corrected chi connectivity index (χ2v) is 8.83. The molecule has 1 aliphatic heterocycles. The first kappa shape index (κ1) is 20.9. The van der Waals surface area contributed by atoms with E-state index in [0.29, 0.717) is 10.6 Å². The van der Waals surface area contributed by atoms with E-state index in [9.17, 15) is 13.6 Å². The third-order valence-electron chi connectivity index (χ3n) is 5.19. The SMILES string of the molecule is CCCc1cc(-c2cc(-c3ccc(C(=O)N4CCC(F)(F)C4)cc3Cl)cs2)ccn1. The first-order valence-electron chi connectivity index (χ1n) is 9.87. The van der Waals surface area contributed by atoms with E-state index in [1.807, 2.05) is 17.6 Å². The molecule has 0 aliphatic carbocycles. The Morgan fingerprint density at radius 2 is 2.07 bits per heavy atom. The molecule has 0 spiro atoms. The smallest absolute Gasteiger partial charge is 0.267 e. The van der Waals surface area contributed by atoms with Crippen molar-refractivity contribution in [2.24, 2.45) is 0 Å². The number of likely N-dealkylation sites (tertiary alicyclic amines) is 1. The lowest BCUT2D eigenvalue weighted by atomic mass is 10.0. The Hall–Kier alpha value is -2.31. The third kappa shape index (κ3) is 4.40. The summed E-state index contributed by atoms with van der Waals surface area (Å²) < 4.78 is 26.8. The van der Waals surface area contributed by atoms with Crippen LogP contribution in [0, 0.1) is 0 Å². The Morgan fingerprint density at radius 1 is 1.23 bits per heavy atom. The number of carbonyl (C=O) groups is 1. The second kappa shape index (κ2) is 8.44. The van der Waals surface area contributed by atoms with Crippen molar-refractivity contribution < 1.29 is 13.6 Å². The van der Waals surface area contributed by atoms with E-state index in [2.05, 4.69) is 24.0 Å². The number of halogens is 3. The predicted molar refractivity (Wildman–Crippen MR) is 117 cm³/mol. The molecule has 3 aromatic rings. The average molecular weight is 447 g/mol. The van der Waals surface area contributed by atoms with Gasteiger partial charge in [-0.1, -0.05) is 31.0 Å². The Labute approximate surface area is 183 Å². The highest BCUT2D eigenvalue weighted by Gasteiger charge is 2.40. The highest BCUT2D eigenvalue weighted by molar-refractivity contribution is 7.14. The zero-order valence-electron chi connectivity index (χ0n) is 16.5. The number of nitrogens with zero attached hydrogens (tertiary/aromatic N) is 2. The van der Waals surface area contributed by atoms with Crippen LogP contribution in [0.15, 0.2) is 48.0 Å². The molecular weight excluding hydrogens is 426 g/mol. The van der Waals surface area contributed by atoms with Crippen molar-refractivity contribution in [1.29, 1.82) is 0 Å². The van der Waals surface area contributed by atoms with E-state index in [1.54, 1.807) is 29.5 Å². The Bertz CT molecular complexity index is 1080. The third-order valence-corrected chi connectivity index (χ3v) is 6.48. The molecule has 0 atom stereocenters. The van der Waals surface area contributed by atoms with Gasteiger partial charge < -0.3 is 4.90 Å². The van der Waals surface area contributed by atoms with Crippen molar-refractivity contribution in [1.82, 2.24) is 9.88 Å². The van der Waals surface area contributed by atoms with Gasteiger partial charge in [-0.15, -0.1) is 11.3 Å². The van der Waals surface area contributed by atoms with Crippen LogP contribution in [-0.4, -0.2) is 34.8 Å². The molecule has 4 rings (SSSR count). The van der Waals surface area contributed by atoms with Gasteiger partial charge in [-0.3, -0.25) is 9.78 Å². The lowest BCUT2D eigenvalue weighted by Gasteiger charge is -2.16. The summed E-state index contributed by atoms with van der Waals surface area (Å²) in [5.41, 5.74) is 4.28. The molecule has 156 valence electrons. The van der Waals surface area contributed by atoms with Crippen LogP contribution < -0.4 is 0 Å². The molecular formula is C23H21ClF2N2OS. The van der Waals surface area contributed by atoms with Crippen LogP contribution >= 0.6 is 22.9 Å². The molecule has 1 aliphatic rings.